The monoisotopic (exact) mass is 902 g/mol. The van der Waals surface area contributed by atoms with Crippen LogP contribution in [0.4, 0.5) is 0 Å². The Balaban J connectivity index is 0.00000413. The molecule has 54 heavy (non-hydrogen) atoms. The number of aromatic hydroxyl groups is 1. The van der Waals surface area contributed by atoms with E-state index < -0.39 is 0 Å². The maximum absolute atomic E-state index is 11.8. The van der Waals surface area contributed by atoms with E-state index in [1.165, 1.54) is 0 Å². The molecule has 0 unspecified atom stereocenters. The van der Waals surface area contributed by atoms with Gasteiger partial charge in [-0.2, -0.15) is 0 Å². The van der Waals surface area contributed by atoms with Crippen molar-refractivity contribution in [3.8, 4) is 49.8 Å². The van der Waals surface area contributed by atoms with Crippen LogP contribution < -0.4 is 0 Å². The third kappa shape index (κ3) is 6.24. The predicted molar refractivity (Wildman–Crippen MR) is 222 cm³/mol. The van der Waals surface area contributed by atoms with Crippen molar-refractivity contribution in [1.82, 2.24) is 9.97 Å². The first-order valence-electron chi connectivity index (χ1n) is 18.0. The number of hydrogen-bond donors (Lipinski definition) is 1. The number of fused-ring (bicyclic) bond motifs is 5. The van der Waals surface area contributed by atoms with E-state index in [2.05, 4.69) is 151 Å². The number of pyridine rings is 1. The summed E-state index contributed by atoms with van der Waals surface area (Å²) >= 11 is 1.60. The minimum Gasteiger partial charge on any atom is -0.507 e. The normalized spacial score (nSPS) is 12.2. The number of furan rings is 1. The Hall–Kier alpha value is -5.09. The number of benzene rings is 6. The molecule has 9 aromatic rings. The van der Waals surface area contributed by atoms with E-state index in [9.17, 15) is 5.11 Å². The van der Waals surface area contributed by atoms with Crippen LogP contribution in [0.25, 0.3) is 87.0 Å². The zero-order chi connectivity index (χ0) is 36.6. The Bertz CT molecular complexity index is 2870. The van der Waals surface area contributed by atoms with Crippen molar-refractivity contribution in [2.45, 2.75) is 52.4 Å². The van der Waals surface area contributed by atoms with Gasteiger partial charge in [0.2, 0.25) is 0 Å². The van der Waals surface area contributed by atoms with E-state index in [-0.39, 0.29) is 37.6 Å². The van der Waals surface area contributed by atoms with Gasteiger partial charge in [-0.3, -0.25) is 4.98 Å². The molecule has 6 heteroatoms. The van der Waals surface area contributed by atoms with E-state index in [0.29, 0.717) is 0 Å². The third-order valence-electron chi connectivity index (χ3n) is 10.2. The van der Waals surface area contributed by atoms with Gasteiger partial charge in [-0.25, -0.2) is 4.98 Å². The summed E-state index contributed by atoms with van der Waals surface area (Å²) in [4.78, 5) is 10.2. The summed E-state index contributed by atoms with van der Waals surface area (Å²) in [5.74, 6) is 0.288. The number of aromatic nitrogens is 2. The summed E-state index contributed by atoms with van der Waals surface area (Å²) in [6.07, 6.45) is 1.87. The topological polar surface area (TPSA) is 59.2 Å². The molecular weight excluding hydrogens is 864 g/mol. The molecule has 9 rings (SSSR count). The molecule has 1 N–H and O–H groups in total. The van der Waals surface area contributed by atoms with E-state index in [0.717, 1.165) is 98.1 Å². The Kier molecular flexibility index (Phi) is 8.87. The minimum atomic E-state index is -0.249. The molecule has 4 nitrogen and oxygen atoms in total. The van der Waals surface area contributed by atoms with Crippen LogP contribution in [0.15, 0.2) is 126 Å². The van der Waals surface area contributed by atoms with Crippen molar-refractivity contribution in [3.05, 3.63) is 139 Å². The van der Waals surface area contributed by atoms with Gasteiger partial charge in [0.15, 0.2) is 0 Å². The second kappa shape index (κ2) is 13.3. The molecule has 6 aromatic carbocycles. The molecule has 0 saturated carbocycles. The minimum absolute atomic E-state index is 0. The van der Waals surface area contributed by atoms with Crippen molar-refractivity contribution in [2.24, 2.45) is 0 Å². The Morgan fingerprint density at radius 3 is 2.17 bits per heavy atom. The second-order valence-corrected chi connectivity index (χ2v) is 17.0. The first-order chi connectivity index (χ1) is 25.4. The molecule has 0 radical (unpaired) electrons. The number of thiazole rings is 1. The molecule has 0 amide bonds. The zero-order valence-corrected chi connectivity index (χ0v) is 34.1. The van der Waals surface area contributed by atoms with E-state index in [1.807, 2.05) is 18.3 Å². The van der Waals surface area contributed by atoms with Crippen molar-refractivity contribution in [2.75, 3.05) is 0 Å². The summed E-state index contributed by atoms with van der Waals surface area (Å²) < 4.78 is 7.80. The molecule has 3 aromatic heterocycles. The Morgan fingerprint density at radius 2 is 1.43 bits per heavy atom. The maximum Gasteiger partial charge on any atom is 0.129 e. The number of phenolic OH excluding ortho intramolecular Hbond substituents is 1. The first-order valence-corrected chi connectivity index (χ1v) is 18.9. The van der Waals surface area contributed by atoms with Gasteiger partial charge in [0, 0.05) is 48.6 Å². The van der Waals surface area contributed by atoms with Gasteiger partial charge in [0.25, 0.3) is 0 Å². The van der Waals surface area contributed by atoms with Gasteiger partial charge in [0.1, 0.15) is 16.3 Å². The third-order valence-corrected chi connectivity index (χ3v) is 11.3. The number of hydrogen-bond acceptors (Lipinski definition) is 5. The van der Waals surface area contributed by atoms with Crippen LogP contribution in [-0.4, -0.2) is 15.1 Å². The van der Waals surface area contributed by atoms with Gasteiger partial charge in [-0.05, 0) is 74.0 Å². The smallest absolute Gasteiger partial charge is 0.129 e. The molecule has 270 valence electrons. The van der Waals surface area contributed by atoms with Crippen molar-refractivity contribution in [3.63, 3.8) is 0 Å². The number of rotatable bonds is 4. The molecule has 0 fully saturated rings. The summed E-state index contributed by atoms with van der Waals surface area (Å²) in [5, 5.41) is 16.9. The van der Waals surface area contributed by atoms with Gasteiger partial charge < -0.3 is 9.52 Å². The average molecular weight is 903 g/mol. The Morgan fingerprint density at radius 1 is 0.685 bits per heavy atom. The number of nitrogens with zero attached hydrogens (tertiary/aromatic N) is 2. The number of phenols is 1. The molecule has 0 atom stereocenters. The van der Waals surface area contributed by atoms with Gasteiger partial charge in [-0.1, -0.05) is 137 Å². The van der Waals surface area contributed by atoms with E-state index in [1.54, 1.807) is 11.3 Å². The summed E-state index contributed by atoms with van der Waals surface area (Å²) in [6.45, 7) is 13.1. The van der Waals surface area contributed by atoms with E-state index in [4.69, 9.17) is 14.4 Å². The molecule has 0 aliphatic carbocycles. The van der Waals surface area contributed by atoms with E-state index >= 15 is 0 Å². The zero-order valence-electron chi connectivity index (χ0n) is 31.0. The molecule has 0 bridgehead atoms. The van der Waals surface area contributed by atoms with Crippen LogP contribution in [0.2, 0.25) is 0 Å². The predicted octanol–water partition coefficient (Wildman–Crippen LogP) is 13.5. The second-order valence-electron chi connectivity index (χ2n) is 16.0. The van der Waals surface area contributed by atoms with Crippen LogP contribution in [0, 0.1) is 6.07 Å². The molecule has 0 aliphatic rings. The van der Waals surface area contributed by atoms with Crippen molar-refractivity contribution < 1.29 is 30.6 Å². The fraction of sp³-hybridized carbons (Fsp3) is 0.167. The maximum atomic E-state index is 11.8. The molecule has 0 aliphatic heterocycles. The summed E-state index contributed by atoms with van der Waals surface area (Å²) in [6, 6.07) is 43.8. The van der Waals surface area contributed by atoms with Crippen molar-refractivity contribution in [1.29, 1.82) is 0 Å². The SMILES string of the molecule is CC(C)(C)c1cc(-c2nc3c(-c4[c-]c(-c5cc(-c6ccccc6)ccn5)cc5c4oc4cc6ccccc6cc45)cccc3s2)c(O)c(C(C)(C)C)c1.[Pt]. The average Bonchev–Trinajstić information content (AvgIpc) is 3.74. The summed E-state index contributed by atoms with van der Waals surface area (Å²) in [7, 11) is 0. The van der Waals surface area contributed by atoms with Crippen LogP contribution >= 0.6 is 11.3 Å². The molecule has 0 spiro atoms. The quantitative estimate of drug-likeness (QED) is 0.179. The standard InChI is InChI=1S/C48H39N2O2S.Pt/c1-47(2,3)33-26-38(44(51)39(27-33)48(4,5)6)46-50-43-34(17-12-18-42(43)53-46)36-22-32(40-24-31(19-20-49-40)28-13-8-7-9-14-28)23-37-35-21-29-15-10-11-16-30(29)25-41(35)52-45(36)37;/h7-21,23-27,51H,1-6H3;/q-1;. The molecule has 3 heterocycles. The molecular formula is C48H39N2O2PtS-. The summed E-state index contributed by atoms with van der Waals surface area (Å²) in [5.41, 5.74) is 10.6. The van der Waals surface area contributed by atoms with Gasteiger partial charge >= 0.3 is 0 Å². The van der Waals surface area contributed by atoms with Crippen LogP contribution in [-0.2, 0) is 31.9 Å². The van der Waals surface area contributed by atoms with Crippen molar-refractivity contribution >= 4 is 54.3 Å². The van der Waals surface area contributed by atoms with Crippen LogP contribution in [0.1, 0.15) is 52.7 Å². The fourth-order valence-electron chi connectivity index (χ4n) is 7.29. The van der Waals surface area contributed by atoms with Gasteiger partial charge in [0.05, 0.1) is 16.7 Å². The van der Waals surface area contributed by atoms with Crippen LogP contribution in [0.5, 0.6) is 5.75 Å². The first kappa shape index (κ1) is 35.9. The molecule has 0 saturated heterocycles. The fourth-order valence-corrected chi connectivity index (χ4v) is 8.30. The Labute approximate surface area is 333 Å². The largest absolute Gasteiger partial charge is 0.507 e. The van der Waals surface area contributed by atoms with Gasteiger partial charge in [-0.15, -0.1) is 23.5 Å². The number of para-hydroxylation sites is 1. The van der Waals surface area contributed by atoms with Crippen LogP contribution in [0.3, 0.4) is 0 Å².